The van der Waals surface area contributed by atoms with E-state index >= 15 is 0 Å². The average Bonchev–Trinajstić information content (AvgIpc) is 2.60. The van der Waals surface area contributed by atoms with E-state index in [4.69, 9.17) is 18.9 Å². The van der Waals surface area contributed by atoms with Gasteiger partial charge in [0.1, 0.15) is 18.5 Å². The molecule has 0 N–H and O–H groups in total. The van der Waals surface area contributed by atoms with E-state index in [1.165, 1.54) is 0 Å². The fourth-order valence-electron chi connectivity index (χ4n) is 2.38. The maximum absolute atomic E-state index is 11.6. The molecule has 0 bridgehead atoms. The minimum Gasteiger partial charge on any atom is -0.493 e. The minimum atomic E-state index is -0.431. The second kappa shape index (κ2) is 8.42. The summed E-state index contributed by atoms with van der Waals surface area (Å²) in [6.07, 6.45) is -0.417. The van der Waals surface area contributed by atoms with Crippen LogP contribution in [0.4, 0.5) is 0 Å². The van der Waals surface area contributed by atoms with Crippen molar-refractivity contribution in [2.24, 2.45) is 0 Å². The molecule has 0 saturated heterocycles. The summed E-state index contributed by atoms with van der Waals surface area (Å²) in [6.45, 7) is 9.64. The molecular weight excluding hydrogens is 320 g/mol. The zero-order valence-corrected chi connectivity index (χ0v) is 15.1. The highest BCUT2D eigenvalue weighted by atomic mass is 16.6. The summed E-state index contributed by atoms with van der Waals surface area (Å²) in [5.41, 5.74) is 0.357. The van der Waals surface area contributed by atoms with Crippen LogP contribution in [0.15, 0.2) is 42.5 Å². The molecule has 0 amide bonds. The van der Waals surface area contributed by atoms with Crippen LogP contribution >= 0.6 is 0 Å². The number of hydrogen-bond acceptors (Lipinski definition) is 5. The quantitative estimate of drug-likeness (QED) is 0.532. The molecular formula is C20H24O5. The molecule has 2 aromatic rings. The van der Waals surface area contributed by atoms with Crippen molar-refractivity contribution in [3.8, 4) is 17.2 Å². The first-order valence-electron chi connectivity index (χ1n) is 8.19. The molecule has 134 valence electrons. The normalized spacial score (nSPS) is 11.7. The molecule has 1 unspecified atom stereocenters. The van der Waals surface area contributed by atoms with Crippen molar-refractivity contribution in [1.29, 1.82) is 0 Å². The number of carbonyl (C=O) groups is 1. The number of rotatable bonds is 8. The first-order valence-corrected chi connectivity index (χ1v) is 8.19. The van der Waals surface area contributed by atoms with Gasteiger partial charge in [0.15, 0.2) is 11.5 Å². The molecule has 0 aromatic heterocycles. The van der Waals surface area contributed by atoms with Gasteiger partial charge in [-0.3, -0.25) is 0 Å². The third-order valence-electron chi connectivity index (χ3n) is 3.56. The molecule has 0 spiro atoms. The van der Waals surface area contributed by atoms with Crippen LogP contribution in [0.5, 0.6) is 17.2 Å². The SMILES string of the molecule is C=C(C)C(=O)OC(C)COc1c(OC)cc(OCC)c2ccccc12. The Morgan fingerprint density at radius 1 is 1.16 bits per heavy atom. The summed E-state index contributed by atoms with van der Waals surface area (Å²) in [7, 11) is 1.58. The van der Waals surface area contributed by atoms with E-state index in [9.17, 15) is 4.79 Å². The Hall–Kier alpha value is -2.69. The zero-order valence-electron chi connectivity index (χ0n) is 15.1. The van der Waals surface area contributed by atoms with Crippen molar-refractivity contribution in [3.63, 3.8) is 0 Å². The van der Waals surface area contributed by atoms with Gasteiger partial charge in [-0.05, 0) is 20.8 Å². The number of esters is 1. The molecule has 2 aromatic carbocycles. The molecule has 0 aliphatic rings. The molecule has 5 nitrogen and oxygen atoms in total. The van der Waals surface area contributed by atoms with Crippen LogP contribution in [0.25, 0.3) is 10.8 Å². The molecule has 0 saturated carbocycles. The Bertz CT molecular complexity index is 766. The van der Waals surface area contributed by atoms with Gasteiger partial charge in [0, 0.05) is 22.4 Å². The molecule has 2 rings (SSSR count). The molecule has 0 aliphatic heterocycles. The summed E-state index contributed by atoms with van der Waals surface area (Å²) in [5.74, 6) is 1.48. The average molecular weight is 344 g/mol. The molecule has 5 heteroatoms. The van der Waals surface area contributed by atoms with Crippen LogP contribution in [-0.4, -0.2) is 32.4 Å². The largest absolute Gasteiger partial charge is 0.493 e. The van der Waals surface area contributed by atoms with Gasteiger partial charge in [0.25, 0.3) is 0 Å². The number of ether oxygens (including phenoxy) is 4. The molecule has 1 atom stereocenters. The number of fused-ring (bicyclic) bond motifs is 1. The zero-order chi connectivity index (χ0) is 18.4. The number of methoxy groups -OCH3 is 1. The van der Waals surface area contributed by atoms with Gasteiger partial charge in [-0.1, -0.05) is 30.8 Å². The summed E-state index contributed by atoms with van der Waals surface area (Å²) in [6, 6.07) is 9.59. The maximum atomic E-state index is 11.6. The molecule has 0 fully saturated rings. The summed E-state index contributed by atoms with van der Waals surface area (Å²) in [5, 5.41) is 1.82. The van der Waals surface area contributed by atoms with Gasteiger partial charge in [-0.2, -0.15) is 0 Å². The van der Waals surface area contributed by atoms with Crippen LogP contribution in [0.3, 0.4) is 0 Å². The Labute approximate surface area is 148 Å². The van der Waals surface area contributed by atoms with E-state index < -0.39 is 12.1 Å². The topological polar surface area (TPSA) is 54.0 Å². The predicted octanol–water partition coefficient (Wildman–Crippen LogP) is 4.13. The van der Waals surface area contributed by atoms with Gasteiger partial charge in [-0.25, -0.2) is 4.79 Å². The Morgan fingerprint density at radius 3 is 2.44 bits per heavy atom. The smallest absolute Gasteiger partial charge is 0.333 e. The highest BCUT2D eigenvalue weighted by molar-refractivity contribution is 5.95. The van der Waals surface area contributed by atoms with Crippen molar-refractivity contribution < 1.29 is 23.7 Å². The predicted molar refractivity (Wildman–Crippen MR) is 97.5 cm³/mol. The molecule has 0 radical (unpaired) electrons. The summed E-state index contributed by atoms with van der Waals surface area (Å²) >= 11 is 0. The summed E-state index contributed by atoms with van der Waals surface area (Å²) in [4.78, 5) is 11.6. The monoisotopic (exact) mass is 344 g/mol. The third-order valence-corrected chi connectivity index (χ3v) is 3.56. The first kappa shape index (κ1) is 18.6. The van der Waals surface area contributed by atoms with Crippen molar-refractivity contribution >= 4 is 16.7 Å². The van der Waals surface area contributed by atoms with Gasteiger partial charge >= 0.3 is 5.97 Å². The second-order valence-corrected chi connectivity index (χ2v) is 5.69. The standard InChI is InChI=1S/C20H24O5/c1-6-23-17-11-18(22-5)19(16-10-8-7-9-15(16)17)24-12-14(4)25-20(21)13(2)3/h7-11,14H,2,6,12H2,1,3-5H3. The van der Waals surface area contributed by atoms with Crippen molar-refractivity contribution in [3.05, 3.63) is 42.5 Å². The van der Waals surface area contributed by atoms with E-state index in [1.54, 1.807) is 21.0 Å². The van der Waals surface area contributed by atoms with E-state index in [-0.39, 0.29) is 6.61 Å². The van der Waals surface area contributed by atoms with Gasteiger partial charge in [0.2, 0.25) is 0 Å². The maximum Gasteiger partial charge on any atom is 0.333 e. The van der Waals surface area contributed by atoms with Crippen LogP contribution in [-0.2, 0) is 9.53 Å². The lowest BCUT2D eigenvalue weighted by Gasteiger charge is -2.19. The van der Waals surface area contributed by atoms with Crippen LogP contribution in [0.1, 0.15) is 20.8 Å². The lowest BCUT2D eigenvalue weighted by Crippen LogP contribution is -2.22. The molecule has 25 heavy (non-hydrogen) atoms. The minimum absolute atomic E-state index is 0.202. The lowest BCUT2D eigenvalue weighted by molar-refractivity contribution is -0.144. The fraction of sp³-hybridized carbons (Fsp3) is 0.350. The molecule has 0 aliphatic carbocycles. The van der Waals surface area contributed by atoms with Crippen molar-refractivity contribution in [1.82, 2.24) is 0 Å². The van der Waals surface area contributed by atoms with Crippen LogP contribution < -0.4 is 14.2 Å². The first-order chi connectivity index (χ1) is 12.0. The van der Waals surface area contributed by atoms with Gasteiger partial charge < -0.3 is 18.9 Å². The fourth-order valence-corrected chi connectivity index (χ4v) is 2.38. The van der Waals surface area contributed by atoms with E-state index in [1.807, 2.05) is 37.3 Å². The second-order valence-electron chi connectivity index (χ2n) is 5.69. The number of benzene rings is 2. The van der Waals surface area contributed by atoms with E-state index in [2.05, 4.69) is 6.58 Å². The highest BCUT2D eigenvalue weighted by Gasteiger charge is 2.17. The molecule has 0 heterocycles. The lowest BCUT2D eigenvalue weighted by atomic mass is 10.1. The van der Waals surface area contributed by atoms with Crippen molar-refractivity contribution in [2.75, 3.05) is 20.3 Å². The number of hydrogen-bond donors (Lipinski definition) is 0. The van der Waals surface area contributed by atoms with Gasteiger partial charge in [-0.15, -0.1) is 0 Å². The summed E-state index contributed by atoms with van der Waals surface area (Å²) < 4.78 is 22.4. The third kappa shape index (κ3) is 4.44. The van der Waals surface area contributed by atoms with E-state index in [0.29, 0.717) is 23.7 Å². The van der Waals surface area contributed by atoms with Crippen molar-refractivity contribution in [2.45, 2.75) is 26.9 Å². The van der Waals surface area contributed by atoms with Gasteiger partial charge in [0.05, 0.1) is 13.7 Å². The van der Waals surface area contributed by atoms with Crippen LogP contribution in [0.2, 0.25) is 0 Å². The Morgan fingerprint density at radius 2 is 1.84 bits per heavy atom. The van der Waals surface area contributed by atoms with Crippen LogP contribution in [0, 0.1) is 0 Å². The Kier molecular flexibility index (Phi) is 6.28. The Balaban J connectivity index is 2.29. The van der Waals surface area contributed by atoms with E-state index in [0.717, 1.165) is 16.5 Å². The highest BCUT2D eigenvalue weighted by Crippen LogP contribution is 2.41. The number of carbonyl (C=O) groups excluding carboxylic acids is 1.